The minimum absolute atomic E-state index is 0.0832. The fourth-order valence-corrected chi connectivity index (χ4v) is 2.29. The third-order valence-corrected chi connectivity index (χ3v) is 3.53. The number of anilines is 1. The first-order valence-electron chi connectivity index (χ1n) is 6.90. The van der Waals surface area contributed by atoms with Crippen molar-refractivity contribution in [1.82, 2.24) is 5.32 Å². The number of nitrogens with one attached hydrogen (secondary N) is 2. The van der Waals surface area contributed by atoms with Gasteiger partial charge in [-0.05, 0) is 24.6 Å². The molecule has 2 atom stereocenters. The van der Waals surface area contributed by atoms with Crippen LogP contribution >= 0.6 is 0 Å². The second-order valence-corrected chi connectivity index (χ2v) is 5.44. The van der Waals surface area contributed by atoms with Crippen LogP contribution in [0.1, 0.15) is 31.9 Å². The van der Waals surface area contributed by atoms with Gasteiger partial charge >= 0.3 is 0 Å². The van der Waals surface area contributed by atoms with Crippen molar-refractivity contribution in [1.29, 1.82) is 0 Å². The van der Waals surface area contributed by atoms with E-state index in [1.807, 2.05) is 31.2 Å². The fraction of sp³-hybridized carbons (Fsp3) is 0.533. The lowest BCUT2D eigenvalue weighted by atomic mass is 10.0. The molecule has 1 fully saturated rings. The Morgan fingerprint density at radius 3 is 3.00 bits per heavy atom. The lowest BCUT2D eigenvalue weighted by molar-refractivity contribution is -0.114. The van der Waals surface area contributed by atoms with Crippen LogP contribution in [0.3, 0.4) is 0 Å². The Labute approximate surface area is 119 Å². The number of hydrogen-bond donors (Lipinski definition) is 3. The van der Waals surface area contributed by atoms with Crippen LogP contribution in [0.25, 0.3) is 0 Å². The van der Waals surface area contributed by atoms with Crippen LogP contribution in [-0.4, -0.2) is 36.4 Å². The van der Waals surface area contributed by atoms with Crippen LogP contribution in [-0.2, 0) is 9.53 Å². The van der Waals surface area contributed by atoms with Gasteiger partial charge < -0.3 is 20.5 Å². The molecule has 20 heavy (non-hydrogen) atoms. The largest absolute Gasteiger partial charge is 0.386 e. The Balaban J connectivity index is 1.94. The monoisotopic (exact) mass is 278 g/mol. The van der Waals surface area contributed by atoms with Crippen molar-refractivity contribution in [2.45, 2.75) is 31.9 Å². The average Bonchev–Trinajstić information content (AvgIpc) is 2.83. The molecule has 0 saturated carbocycles. The van der Waals surface area contributed by atoms with E-state index in [1.54, 1.807) is 0 Å². The first-order valence-corrected chi connectivity index (χ1v) is 6.90. The predicted octanol–water partition coefficient (Wildman–Crippen LogP) is 1.45. The molecule has 1 aliphatic rings. The molecule has 0 aliphatic carbocycles. The Kier molecular flexibility index (Phi) is 4.75. The topological polar surface area (TPSA) is 70.6 Å². The summed E-state index contributed by atoms with van der Waals surface area (Å²) in [6, 6.07) is 7.79. The van der Waals surface area contributed by atoms with Crippen molar-refractivity contribution in [3.8, 4) is 0 Å². The third kappa shape index (κ3) is 4.03. The first-order chi connectivity index (χ1) is 9.48. The summed E-state index contributed by atoms with van der Waals surface area (Å²) >= 11 is 0. The van der Waals surface area contributed by atoms with E-state index in [2.05, 4.69) is 10.6 Å². The van der Waals surface area contributed by atoms with Gasteiger partial charge in [0.25, 0.3) is 0 Å². The quantitative estimate of drug-likeness (QED) is 0.762. The number of hydrogen-bond acceptors (Lipinski definition) is 4. The van der Waals surface area contributed by atoms with Crippen molar-refractivity contribution in [2.24, 2.45) is 0 Å². The highest BCUT2D eigenvalue weighted by molar-refractivity contribution is 5.88. The van der Waals surface area contributed by atoms with Gasteiger partial charge in [-0.2, -0.15) is 0 Å². The smallest absolute Gasteiger partial charge is 0.221 e. The molecule has 0 bridgehead atoms. The standard InChI is InChI=1S/C15H22N2O3/c1-11(16-9-15(19)6-7-20-10-15)13-4-3-5-14(8-13)17-12(2)18/h3-5,8,11,16,19H,6-7,9-10H2,1-2H3,(H,17,18). The van der Waals surface area contributed by atoms with Crippen molar-refractivity contribution in [3.63, 3.8) is 0 Å². The summed E-state index contributed by atoms with van der Waals surface area (Å²) in [7, 11) is 0. The van der Waals surface area contributed by atoms with Gasteiger partial charge in [0.05, 0.1) is 6.61 Å². The summed E-state index contributed by atoms with van der Waals surface area (Å²) in [5.41, 5.74) is 1.09. The number of rotatable bonds is 5. The van der Waals surface area contributed by atoms with Crippen LogP contribution in [0, 0.1) is 0 Å². The number of carbonyl (C=O) groups is 1. The van der Waals surface area contributed by atoms with Crippen molar-refractivity contribution >= 4 is 11.6 Å². The molecule has 2 rings (SSSR count). The van der Waals surface area contributed by atoms with Crippen LogP contribution < -0.4 is 10.6 Å². The number of amides is 1. The molecule has 1 aromatic rings. The zero-order chi connectivity index (χ0) is 14.6. The van der Waals surface area contributed by atoms with Crippen LogP contribution in [0.15, 0.2) is 24.3 Å². The molecule has 0 spiro atoms. The van der Waals surface area contributed by atoms with Gasteiger partial charge in [0.15, 0.2) is 0 Å². The Morgan fingerprint density at radius 2 is 2.35 bits per heavy atom. The van der Waals surface area contributed by atoms with Crippen LogP contribution in [0.5, 0.6) is 0 Å². The van der Waals surface area contributed by atoms with E-state index in [4.69, 9.17) is 4.74 Å². The second kappa shape index (κ2) is 6.35. The van der Waals surface area contributed by atoms with Gasteiger partial charge in [-0.3, -0.25) is 4.79 Å². The summed E-state index contributed by atoms with van der Waals surface area (Å²) in [6.45, 7) is 5.03. The molecule has 0 aromatic heterocycles. The first kappa shape index (κ1) is 15.0. The van der Waals surface area contributed by atoms with E-state index in [9.17, 15) is 9.90 Å². The summed E-state index contributed by atoms with van der Waals surface area (Å²) in [5.74, 6) is -0.0832. The minimum atomic E-state index is -0.760. The Morgan fingerprint density at radius 1 is 1.55 bits per heavy atom. The maximum atomic E-state index is 11.1. The molecule has 5 heteroatoms. The molecule has 3 N–H and O–H groups in total. The van der Waals surface area contributed by atoms with Gasteiger partial charge in [-0.1, -0.05) is 12.1 Å². The lowest BCUT2D eigenvalue weighted by Crippen LogP contribution is -2.41. The molecule has 1 aromatic carbocycles. The SMILES string of the molecule is CC(=O)Nc1cccc(C(C)NCC2(O)CCOC2)c1. The van der Waals surface area contributed by atoms with E-state index >= 15 is 0 Å². The van der Waals surface area contributed by atoms with Gasteiger partial charge in [0, 0.05) is 38.2 Å². The fourth-order valence-electron chi connectivity index (χ4n) is 2.29. The van der Waals surface area contributed by atoms with Crippen molar-refractivity contribution in [2.75, 3.05) is 25.1 Å². The van der Waals surface area contributed by atoms with Gasteiger partial charge in [0.2, 0.25) is 5.91 Å². The highest BCUT2D eigenvalue weighted by Crippen LogP contribution is 2.21. The number of ether oxygens (including phenoxy) is 1. The molecule has 2 unspecified atom stereocenters. The highest BCUT2D eigenvalue weighted by atomic mass is 16.5. The van der Waals surface area contributed by atoms with Gasteiger partial charge in [-0.15, -0.1) is 0 Å². The number of benzene rings is 1. The van der Waals surface area contributed by atoms with E-state index in [1.165, 1.54) is 6.92 Å². The molecular formula is C15H22N2O3. The van der Waals surface area contributed by atoms with Crippen LogP contribution in [0.2, 0.25) is 0 Å². The lowest BCUT2D eigenvalue weighted by Gasteiger charge is -2.24. The molecule has 5 nitrogen and oxygen atoms in total. The molecule has 1 saturated heterocycles. The normalized spacial score (nSPS) is 23.6. The molecule has 110 valence electrons. The highest BCUT2D eigenvalue weighted by Gasteiger charge is 2.32. The minimum Gasteiger partial charge on any atom is -0.386 e. The number of aliphatic hydroxyl groups is 1. The summed E-state index contributed by atoms with van der Waals surface area (Å²) in [6.07, 6.45) is 0.665. The molecular weight excluding hydrogens is 256 g/mol. The molecule has 1 heterocycles. The summed E-state index contributed by atoms with van der Waals surface area (Å²) in [5, 5.41) is 16.3. The Bertz CT molecular complexity index is 470. The average molecular weight is 278 g/mol. The zero-order valence-electron chi connectivity index (χ0n) is 12.0. The van der Waals surface area contributed by atoms with Gasteiger partial charge in [-0.25, -0.2) is 0 Å². The van der Waals surface area contributed by atoms with Crippen molar-refractivity contribution < 1.29 is 14.6 Å². The maximum absolute atomic E-state index is 11.1. The molecule has 0 radical (unpaired) electrons. The van der Waals surface area contributed by atoms with Crippen LogP contribution in [0.4, 0.5) is 5.69 Å². The maximum Gasteiger partial charge on any atom is 0.221 e. The van der Waals surface area contributed by atoms with E-state index in [0.29, 0.717) is 26.2 Å². The van der Waals surface area contributed by atoms with Gasteiger partial charge in [0.1, 0.15) is 5.60 Å². The van der Waals surface area contributed by atoms with E-state index in [-0.39, 0.29) is 11.9 Å². The Hall–Kier alpha value is -1.43. The molecule has 1 aliphatic heterocycles. The van der Waals surface area contributed by atoms with E-state index < -0.39 is 5.60 Å². The van der Waals surface area contributed by atoms with E-state index in [0.717, 1.165) is 11.3 Å². The summed E-state index contributed by atoms with van der Waals surface area (Å²) in [4.78, 5) is 11.1. The second-order valence-electron chi connectivity index (χ2n) is 5.44. The number of carbonyl (C=O) groups excluding carboxylic acids is 1. The third-order valence-electron chi connectivity index (χ3n) is 3.53. The summed E-state index contributed by atoms with van der Waals surface area (Å²) < 4.78 is 5.22. The predicted molar refractivity (Wildman–Crippen MR) is 77.5 cm³/mol. The molecule has 1 amide bonds. The zero-order valence-corrected chi connectivity index (χ0v) is 12.0. The van der Waals surface area contributed by atoms with Crippen molar-refractivity contribution in [3.05, 3.63) is 29.8 Å².